The Hall–Kier alpha value is -16.9. The van der Waals surface area contributed by atoms with Crippen molar-refractivity contribution in [3.63, 3.8) is 0 Å². The van der Waals surface area contributed by atoms with Crippen LogP contribution in [0.3, 0.4) is 0 Å². The van der Waals surface area contributed by atoms with Crippen molar-refractivity contribution >= 4 is 274 Å². The van der Waals surface area contributed by atoms with E-state index in [9.17, 15) is 0 Å². The highest BCUT2D eigenvalue weighted by Crippen LogP contribution is 2.62. The normalized spacial score (nSPS) is 12.7. The highest BCUT2D eigenvalue weighted by atomic mass is 32.1. The molecule has 0 saturated carbocycles. The summed E-state index contributed by atoms with van der Waals surface area (Å²) in [6, 6.07) is 139. The summed E-state index contributed by atoms with van der Waals surface area (Å²) in [5.41, 5.74) is 19.5. The van der Waals surface area contributed by atoms with Crippen molar-refractivity contribution in [2.45, 2.75) is 5.41 Å². The fraction of sp³-hybridized carbons (Fsp3) is 0.00826. The van der Waals surface area contributed by atoms with Crippen LogP contribution >= 0.6 is 34.0 Å². The second kappa shape index (κ2) is 27.6. The molecule has 0 fully saturated rings. The first-order chi connectivity index (χ1) is 65.4. The van der Waals surface area contributed by atoms with Gasteiger partial charge in [0.1, 0.15) is 0 Å². The average Bonchev–Trinajstić information content (AvgIpc) is 1.49. The van der Waals surface area contributed by atoms with Gasteiger partial charge in [-0.3, -0.25) is 0 Å². The predicted molar refractivity (Wildman–Crippen MR) is 561 cm³/mol. The molecule has 12 heterocycles. The lowest BCUT2D eigenvalue weighted by molar-refractivity contribution is 0.749. The largest absolute Gasteiger partial charge is 0.370 e. The van der Waals surface area contributed by atoms with E-state index in [0.717, 1.165) is 43.5 Å². The number of hydrogen-bond donors (Lipinski definition) is 0. The van der Waals surface area contributed by atoms with Crippen LogP contribution in [0.15, 0.2) is 401 Å². The minimum atomic E-state index is -0.500. The summed E-state index contributed by atoms with van der Waals surface area (Å²) in [5, 5.41) is 34.1. The molecule has 1 aliphatic carbocycles. The third-order valence-corrected chi connectivity index (χ3v) is 32.0. The lowest BCUT2D eigenvalue weighted by Crippen LogP contribution is -2.33. The van der Waals surface area contributed by atoms with Crippen molar-refractivity contribution in [3.05, 3.63) is 446 Å². The van der Waals surface area contributed by atoms with Gasteiger partial charge >= 0.3 is 0 Å². The van der Waals surface area contributed by atoms with Gasteiger partial charge in [0.05, 0.1) is 60.6 Å². The summed E-state index contributed by atoms with van der Waals surface area (Å²) >= 11 is 5.68. The molecule has 0 N–H and O–H groups in total. The lowest BCUT2D eigenvalue weighted by Gasteiger charge is -2.39. The van der Waals surface area contributed by atoms with Gasteiger partial charge < -0.3 is 27.5 Å². The summed E-state index contributed by atoms with van der Waals surface area (Å²) < 4.78 is 17.8. The molecule has 2 aliphatic rings. The van der Waals surface area contributed by atoms with Crippen molar-refractivity contribution in [2.75, 3.05) is 0 Å². The van der Waals surface area contributed by atoms with Gasteiger partial charge in [-0.1, -0.05) is 341 Å². The number of fused-ring (bicyclic) bond motifs is 54. The van der Waals surface area contributed by atoms with Gasteiger partial charge in [-0.15, -0.1) is 44.0 Å². The van der Waals surface area contributed by atoms with Crippen LogP contribution < -0.4 is 0 Å². The Morgan fingerprint density at radius 1 is 0.235 bits per heavy atom. The van der Waals surface area contributed by atoms with Crippen LogP contribution in [0.25, 0.3) is 255 Å². The fourth-order valence-corrected chi connectivity index (χ4v) is 26.8. The second-order valence-corrected chi connectivity index (χ2v) is 38.1. The molecule has 0 atom stereocenters. The Balaban J connectivity index is 0.0000000891. The van der Waals surface area contributed by atoms with E-state index in [1.807, 2.05) is 52.2 Å². The van der Waals surface area contributed by atoms with Gasteiger partial charge in [0.15, 0.2) is 0 Å². The Labute approximate surface area is 764 Å². The van der Waals surface area contributed by atoms with Gasteiger partial charge in [0.2, 0.25) is 11.0 Å². The van der Waals surface area contributed by atoms with Gasteiger partial charge in [0.25, 0.3) is 11.6 Å². The monoisotopic (exact) mass is 1730 g/mol. The van der Waals surface area contributed by atoms with Gasteiger partial charge in [0, 0.05) is 160 Å². The zero-order valence-corrected chi connectivity index (χ0v) is 72.9. The number of thiophene rings is 3. The number of aromatic nitrogens is 6. The molecule has 0 saturated heterocycles. The van der Waals surface area contributed by atoms with Crippen molar-refractivity contribution in [3.8, 4) is 16.8 Å². The molecular formula is C121H66N8S3. The minimum Gasteiger partial charge on any atom is -0.370 e. The molecule has 0 amide bonds. The Kier molecular flexibility index (Phi) is 15.3. The maximum atomic E-state index is 7.88. The van der Waals surface area contributed by atoms with Gasteiger partial charge in [-0.2, -0.15) is 0 Å². The van der Waals surface area contributed by atoms with Crippen LogP contribution in [-0.2, 0) is 5.41 Å². The highest BCUT2D eigenvalue weighted by molar-refractivity contribution is 7.27. The SMILES string of the molecule is [C-]#[N+]c1nc2c3ccccc3c3ccc4c5cccc6c5n(c4c3c2nc1[N+]#[C-])-c1ccccc1C61c2ccccc2-c2ccccc21.c1ccc2c(c1)cn1c2c2ccccc2c2ccc3sc4ccccc4c3c21.c1ccc2c(c1)cn1c3cc4c(cc3c3ccccc3c21)sc1ccccc14.c1ccc2c(c1)cn1c3ccc4c5ccccc5sc4c3c3ccccc3c21. The topological polar surface area (TPSA) is 52.7 Å². The second-order valence-electron chi connectivity index (χ2n) is 34.9. The maximum absolute atomic E-state index is 7.88. The average molecular weight is 1730 g/mol. The van der Waals surface area contributed by atoms with E-state index in [2.05, 4.69) is 410 Å². The highest BCUT2D eigenvalue weighted by Gasteiger charge is 2.51. The van der Waals surface area contributed by atoms with Crippen molar-refractivity contribution in [2.24, 2.45) is 0 Å². The van der Waals surface area contributed by atoms with E-state index in [0.29, 0.717) is 11.0 Å². The minimum absolute atomic E-state index is 0.0278. The Bertz CT molecular complexity index is 10500. The zero-order chi connectivity index (χ0) is 86.5. The Morgan fingerprint density at radius 3 is 1.29 bits per heavy atom. The van der Waals surface area contributed by atoms with E-state index in [1.54, 1.807) is 0 Å². The van der Waals surface area contributed by atoms with Crippen molar-refractivity contribution in [1.29, 1.82) is 0 Å². The molecular weight excluding hydrogens is 1660 g/mol. The number of rotatable bonds is 0. The molecule has 8 nitrogen and oxygen atoms in total. The standard InChI is InChI=1S/C43H21N5.3C26H15NS/c1-44-41-42(45-2)47-38-36-27(24-12-3-4-15-28(24)37(38)46-41)22-23-30-29-16-11-20-34-39(29)48(40(30)36)35-21-10-9-19-33(35)43(34)31-17-7-5-13-25(31)26-14-6-8-18-32(26)43;1-2-8-17-16(7-1)15-27-22-14-13-21-18-9-5-6-12-23(18)28-26(21)24(22)19-10-3-4-11-20(19)25(17)27;1-2-8-17-16(7-1)15-27-23-13-22-19-10-5-6-12-24(19)28-25(22)14-21(23)18-9-3-4-11-20(18)26(17)27;1-2-8-17-16(7-1)15-27-25(17)19-10-4-3-9-18(19)20-13-14-23-24(26(20)27)21-11-5-6-12-22(21)28-23/h3-23H;3*1-15H. The van der Waals surface area contributed by atoms with Crippen LogP contribution in [0.1, 0.15) is 22.3 Å². The number of benzene rings is 19. The summed E-state index contributed by atoms with van der Waals surface area (Å²) in [4.78, 5) is 17.0. The number of hydrogen-bond acceptors (Lipinski definition) is 5. The number of para-hydroxylation sites is 2. The number of pyridine rings is 3. The molecule has 608 valence electrons. The number of nitrogens with zero attached hydrogens (tertiary/aromatic N) is 8. The first-order valence-corrected chi connectivity index (χ1v) is 47.0. The molecule has 11 aromatic heterocycles. The van der Waals surface area contributed by atoms with Crippen molar-refractivity contribution in [1.82, 2.24) is 27.7 Å². The summed E-state index contributed by atoms with van der Waals surface area (Å²) in [5.74, 6) is 0.0593. The lowest BCUT2D eigenvalue weighted by atomic mass is 9.65. The maximum Gasteiger partial charge on any atom is 0.294 e. The zero-order valence-electron chi connectivity index (χ0n) is 70.4. The van der Waals surface area contributed by atoms with Crippen molar-refractivity contribution < 1.29 is 0 Å². The Morgan fingerprint density at radius 2 is 0.644 bits per heavy atom. The third kappa shape index (κ3) is 9.89. The van der Waals surface area contributed by atoms with Crippen LogP contribution in [0, 0.1) is 13.1 Å². The third-order valence-electron chi connectivity index (χ3n) is 28.5. The van der Waals surface area contributed by atoms with E-state index < -0.39 is 5.41 Å². The molecule has 1 aliphatic heterocycles. The van der Waals surface area contributed by atoms with Crippen LogP contribution in [0.2, 0.25) is 0 Å². The molecule has 11 heteroatoms. The fourth-order valence-electron chi connectivity index (χ4n) is 23.3. The molecule has 1 spiro atoms. The summed E-state index contributed by atoms with van der Waals surface area (Å²) in [7, 11) is 0. The summed E-state index contributed by atoms with van der Waals surface area (Å²) in [6.45, 7) is 15.7. The van der Waals surface area contributed by atoms with Gasteiger partial charge in [-0.25, -0.2) is 0 Å². The molecule has 0 radical (unpaired) electrons. The first-order valence-electron chi connectivity index (χ1n) is 44.6. The van der Waals surface area contributed by atoms with E-state index in [-0.39, 0.29) is 11.6 Å². The van der Waals surface area contributed by atoms with E-state index in [1.165, 1.54) is 213 Å². The van der Waals surface area contributed by atoms with Gasteiger partial charge in [-0.05, 0) is 115 Å². The molecule has 19 aromatic carbocycles. The van der Waals surface area contributed by atoms with E-state index >= 15 is 0 Å². The summed E-state index contributed by atoms with van der Waals surface area (Å²) in [6.07, 6.45) is 6.89. The van der Waals surface area contributed by atoms with Crippen LogP contribution in [-0.4, -0.2) is 27.7 Å². The molecule has 32 rings (SSSR count). The smallest absolute Gasteiger partial charge is 0.294 e. The quantitative estimate of drug-likeness (QED) is 0.112. The molecule has 132 heavy (non-hydrogen) atoms. The van der Waals surface area contributed by atoms with E-state index in [4.69, 9.17) is 23.1 Å². The molecule has 0 unspecified atom stereocenters. The molecule has 0 bridgehead atoms. The predicted octanol–water partition coefficient (Wildman–Crippen LogP) is 34.1. The van der Waals surface area contributed by atoms with Crippen LogP contribution in [0.5, 0.6) is 0 Å². The first kappa shape index (κ1) is 73.2. The van der Waals surface area contributed by atoms with Crippen LogP contribution in [0.4, 0.5) is 11.6 Å². The molecule has 30 aromatic rings.